The average molecular weight is 215 g/mol. The van der Waals surface area contributed by atoms with Gasteiger partial charge in [0.15, 0.2) is 0 Å². The molecular weight excluding hydrogens is 204 g/mol. The van der Waals surface area contributed by atoms with E-state index in [-0.39, 0.29) is 0 Å². The maximum Gasteiger partial charge on any atom is 0.0517 e. The van der Waals surface area contributed by atoms with E-state index in [1.165, 1.54) is 0 Å². The lowest BCUT2D eigenvalue weighted by Crippen LogP contribution is -2.04. The molecule has 0 radical (unpaired) electrons. The summed E-state index contributed by atoms with van der Waals surface area (Å²) < 4.78 is 1.05. The van der Waals surface area contributed by atoms with Gasteiger partial charge >= 0.3 is 0 Å². The molecule has 0 saturated carbocycles. The third-order valence-corrected chi connectivity index (χ3v) is 2.32. The van der Waals surface area contributed by atoms with Crippen LogP contribution in [0.1, 0.15) is 11.4 Å². The van der Waals surface area contributed by atoms with Crippen LogP contribution in [0.2, 0.25) is 0 Å². The van der Waals surface area contributed by atoms with Crippen LogP contribution in [0.25, 0.3) is 0 Å². The van der Waals surface area contributed by atoms with Crippen molar-refractivity contribution < 1.29 is 0 Å². The third kappa shape index (κ3) is 2.27. The molecule has 0 bridgehead atoms. The van der Waals surface area contributed by atoms with Crippen molar-refractivity contribution in [3.05, 3.63) is 28.0 Å². The van der Waals surface area contributed by atoms with Crippen LogP contribution in [-0.2, 0) is 6.42 Å². The zero-order chi connectivity index (χ0) is 8.27. The summed E-state index contributed by atoms with van der Waals surface area (Å²) >= 11 is 3.39. The highest BCUT2D eigenvalue weighted by Crippen LogP contribution is 2.13. The van der Waals surface area contributed by atoms with E-state index in [4.69, 9.17) is 5.73 Å². The van der Waals surface area contributed by atoms with Gasteiger partial charge in [-0.1, -0.05) is 0 Å². The Bertz CT molecular complexity index is 248. The molecule has 0 unspecified atom stereocenters. The maximum absolute atomic E-state index is 5.40. The molecule has 2 nitrogen and oxygen atoms in total. The molecule has 3 heteroatoms. The molecule has 0 spiro atoms. The number of hydrogen-bond acceptors (Lipinski definition) is 2. The molecule has 11 heavy (non-hydrogen) atoms. The second-order valence-electron chi connectivity index (χ2n) is 2.41. The highest BCUT2D eigenvalue weighted by atomic mass is 79.9. The minimum Gasteiger partial charge on any atom is -0.330 e. The monoisotopic (exact) mass is 214 g/mol. The number of pyridine rings is 1. The molecule has 0 amide bonds. The summed E-state index contributed by atoms with van der Waals surface area (Å²) in [5.41, 5.74) is 7.48. The topological polar surface area (TPSA) is 38.9 Å². The predicted molar refractivity (Wildman–Crippen MR) is 49.4 cm³/mol. The molecule has 1 aromatic rings. The quantitative estimate of drug-likeness (QED) is 0.814. The Kier molecular flexibility index (Phi) is 3.02. The van der Waals surface area contributed by atoms with E-state index in [2.05, 4.69) is 20.9 Å². The summed E-state index contributed by atoms with van der Waals surface area (Å²) in [5.74, 6) is 0. The lowest BCUT2D eigenvalue weighted by molar-refractivity contribution is 0.910. The number of rotatable bonds is 2. The molecule has 2 N–H and O–H groups in total. The normalized spacial score (nSPS) is 10.1. The molecule has 0 aromatic carbocycles. The van der Waals surface area contributed by atoms with Gasteiger partial charge in [-0.15, -0.1) is 0 Å². The first-order valence-electron chi connectivity index (χ1n) is 3.56. The fourth-order valence-corrected chi connectivity index (χ4v) is 1.10. The number of nitrogens with zero attached hydrogens (tertiary/aromatic N) is 1. The molecule has 0 aliphatic carbocycles. The summed E-state index contributed by atoms with van der Waals surface area (Å²) in [5, 5.41) is 0. The van der Waals surface area contributed by atoms with E-state index in [0.717, 1.165) is 22.3 Å². The maximum atomic E-state index is 5.40. The van der Waals surface area contributed by atoms with Crippen molar-refractivity contribution in [3.63, 3.8) is 0 Å². The number of hydrogen-bond donors (Lipinski definition) is 1. The zero-order valence-corrected chi connectivity index (χ0v) is 8.06. The lowest BCUT2D eigenvalue weighted by atomic mass is 10.2. The molecule has 0 fully saturated rings. The average Bonchev–Trinajstić information content (AvgIpc) is 1.98. The molecule has 1 rings (SSSR count). The molecule has 60 valence electrons. The van der Waals surface area contributed by atoms with Crippen LogP contribution in [0, 0.1) is 6.92 Å². The van der Waals surface area contributed by atoms with Crippen LogP contribution < -0.4 is 5.73 Å². The number of aromatic nitrogens is 1. The van der Waals surface area contributed by atoms with Crippen molar-refractivity contribution >= 4 is 15.9 Å². The van der Waals surface area contributed by atoms with Crippen molar-refractivity contribution in [3.8, 4) is 0 Å². The van der Waals surface area contributed by atoms with Crippen molar-refractivity contribution in [2.24, 2.45) is 5.73 Å². The first-order chi connectivity index (χ1) is 5.24. The molecule has 0 aliphatic rings. The Labute approximate surface area is 75.0 Å². The Balaban J connectivity index is 2.86. The van der Waals surface area contributed by atoms with Crippen LogP contribution in [0.3, 0.4) is 0 Å². The second kappa shape index (κ2) is 3.83. The zero-order valence-electron chi connectivity index (χ0n) is 6.47. The van der Waals surface area contributed by atoms with E-state index >= 15 is 0 Å². The number of nitrogens with two attached hydrogens (primary N) is 1. The van der Waals surface area contributed by atoms with Gasteiger partial charge in [0.2, 0.25) is 0 Å². The summed E-state index contributed by atoms with van der Waals surface area (Å²) in [7, 11) is 0. The van der Waals surface area contributed by atoms with Gasteiger partial charge in [-0.25, -0.2) is 0 Å². The van der Waals surface area contributed by atoms with Gasteiger partial charge in [-0.3, -0.25) is 4.98 Å². The molecule has 0 aliphatic heterocycles. The van der Waals surface area contributed by atoms with Crippen molar-refractivity contribution in [2.75, 3.05) is 6.54 Å². The van der Waals surface area contributed by atoms with Gasteiger partial charge in [0.05, 0.1) is 5.69 Å². The Morgan fingerprint density at radius 2 is 2.27 bits per heavy atom. The van der Waals surface area contributed by atoms with Crippen molar-refractivity contribution in [2.45, 2.75) is 13.3 Å². The van der Waals surface area contributed by atoms with E-state index < -0.39 is 0 Å². The molecule has 0 atom stereocenters. The van der Waals surface area contributed by atoms with E-state index in [9.17, 15) is 0 Å². The number of aryl methyl sites for hydroxylation is 1. The smallest absolute Gasteiger partial charge is 0.0517 e. The molecule has 0 saturated heterocycles. The van der Waals surface area contributed by atoms with Crippen molar-refractivity contribution in [1.82, 2.24) is 4.98 Å². The van der Waals surface area contributed by atoms with Gasteiger partial charge in [0.25, 0.3) is 0 Å². The highest BCUT2D eigenvalue weighted by Gasteiger charge is 1.96. The van der Waals surface area contributed by atoms with E-state index in [0.29, 0.717) is 6.54 Å². The van der Waals surface area contributed by atoms with Gasteiger partial charge in [-0.05, 0) is 41.5 Å². The summed E-state index contributed by atoms with van der Waals surface area (Å²) in [4.78, 5) is 4.34. The fraction of sp³-hybridized carbons (Fsp3) is 0.375. The minimum absolute atomic E-state index is 0.661. The molecular formula is C8H11BrN2. The van der Waals surface area contributed by atoms with Crippen molar-refractivity contribution in [1.29, 1.82) is 0 Å². The number of halogens is 1. The van der Waals surface area contributed by atoms with Crippen LogP contribution >= 0.6 is 15.9 Å². The van der Waals surface area contributed by atoms with Crippen LogP contribution in [-0.4, -0.2) is 11.5 Å². The van der Waals surface area contributed by atoms with Crippen LogP contribution in [0.4, 0.5) is 0 Å². The molecule has 1 heterocycles. The second-order valence-corrected chi connectivity index (χ2v) is 3.26. The summed E-state index contributed by atoms with van der Waals surface area (Å²) in [6.07, 6.45) is 0.855. The van der Waals surface area contributed by atoms with Crippen LogP contribution in [0.15, 0.2) is 16.6 Å². The first-order valence-corrected chi connectivity index (χ1v) is 4.35. The van der Waals surface area contributed by atoms with Gasteiger partial charge in [0.1, 0.15) is 0 Å². The Hall–Kier alpha value is -0.410. The van der Waals surface area contributed by atoms with Gasteiger partial charge in [0, 0.05) is 16.6 Å². The Morgan fingerprint density at radius 3 is 2.82 bits per heavy atom. The Morgan fingerprint density at radius 1 is 1.55 bits per heavy atom. The SMILES string of the molecule is Cc1nc(CCN)ccc1Br. The van der Waals surface area contributed by atoms with Gasteiger partial charge < -0.3 is 5.73 Å². The standard InChI is InChI=1S/C8H11BrN2/c1-6-8(9)3-2-7(11-6)4-5-10/h2-3H,4-5,10H2,1H3. The van der Waals surface area contributed by atoms with Gasteiger partial charge in [-0.2, -0.15) is 0 Å². The van der Waals surface area contributed by atoms with Crippen LogP contribution in [0.5, 0.6) is 0 Å². The highest BCUT2D eigenvalue weighted by molar-refractivity contribution is 9.10. The van der Waals surface area contributed by atoms with E-state index in [1.807, 2.05) is 19.1 Å². The third-order valence-electron chi connectivity index (χ3n) is 1.48. The minimum atomic E-state index is 0.661. The summed E-state index contributed by atoms with van der Waals surface area (Å²) in [6.45, 7) is 2.64. The fourth-order valence-electron chi connectivity index (χ4n) is 0.883. The largest absolute Gasteiger partial charge is 0.330 e. The predicted octanol–water partition coefficient (Wildman–Crippen LogP) is 1.65. The molecule has 1 aromatic heterocycles. The summed E-state index contributed by atoms with van der Waals surface area (Å²) in [6, 6.07) is 4.00. The van der Waals surface area contributed by atoms with E-state index in [1.54, 1.807) is 0 Å². The lowest BCUT2D eigenvalue weighted by Gasteiger charge is -2.00. The first kappa shape index (κ1) is 8.68.